The van der Waals surface area contributed by atoms with Crippen LogP contribution in [0.4, 0.5) is 4.79 Å². The van der Waals surface area contributed by atoms with E-state index in [9.17, 15) is 14.4 Å². The summed E-state index contributed by atoms with van der Waals surface area (Å²) in [7, 11) is 1.27. The number of imide groups is 1. The van der Waals surface area contributed by atoms with Crippen molar-refractivity contribution in [1.29, 1.82) is 0 Å². The van der Waals surface area contributed by atoms with Gasteiger partial charge in [-0.1, -0.05) is 19.8 Å². The van der Waals surface area contributed by atoms with Crippen molar-refractivity contribution in [2.24, 2.45) is 34.8 Å². The summed E-state index contributed by atoms with van der Waals surface area (Å²) in [6.07, 6.45) is 6.34. The molecule has 1 aliphatic heterocycles. The third kappa shape index (κ3) is 4.79. The Kier molecular flexibility index (Phi) is 6.74. The van der Waals surface area contributed by atoms with E-state index in [1.807, 2.05) is 12.3 Å². The van der Waals surface area contributed by atoms with Crippen LogP contribution in [0.25, 0.3) is 5.65 Å². The van der Waals surface area contributed by atoms with Crippen LogP contribution in [-0.2, 0) is 25.5 Å². The number of likely N-dealkylation sites (tertiary alicyclic amines) is 1. The quantitative estimate of drug-likeness (QED) is 0.462. The smallest absolute Gasteiger partial charge is 0.417 e. The zero-order valence-corrected chi connectivity index (χ0v) is 23.0. The molecule has 0 radical (unpaired) electrons. The van der Waals surface area contributed by atoms with Crippen LogP contribution in [0.3, 0.4) is 0 Å². The molecule has 10 heteroatoms. The Morgan fingerprint density at radius 1 is 1.21 bits per heavy atom. The highest BCUT2D eigenvalue weighted by molar-refractivity contribution is 6.09. The summed E-state index contributed by atoms with van der Waals surface area (Å²) >= 11 is 0. The Morgan fingerprint density at radius 3 is 2.58 bits per heavy atom. The van der Waals surface area contributed by atoms with Crippen molar-refractivity contribution in [1.82, 2.24) is 19.5 Å². The molecule has 4 atom stereocenters. The molecule has 0 bridgehead atoms. The fourth-order valence-corrected chi connectivity index (χ4v) is 6.31. The Bertz CT molecular complexity index is 1240. The van der Waals surface area contributed by atoms with Crippen LogP contribution < -0.4 is 5.73 Å². The minimum absolute atomic E-state index is 0.0228. The number of nitrogens with zero attached hydrogens (tertiary/aromatic N) is 4. The molecule has 1 saturated heterocycles. The molecule has 2 amide bonds. The van der Waals surface area contributed by atoms with Crippen molar-refractivity contribution in [3.05, 3.63) is 29.7 Å². The predicted octanol–water partition coefficient (Wildman–Crippen LogP) is 3.67. The van der Waals surface area contributed by atoms with Gasteiger partial charge in [0.15, 0.2) is 11.1 Å². The van der Waals surface area contributed by atoms with E-state index in [1.54, 1.807) is 31.4 Å². The maximum absolute atomic E-state index is 13.8. The van der Waals surface area contributed by atoms with Gasteiger partial charge in [-0.3, -0.25) is 9.59 Å². The number of rotatable bonds is 5. The molecule has 3 fully saturated rings. The van der Waals surface area contributed by atoms with Crippen molar-refractivity contribution < 1.29 is 23.9 Å². The van der Waals surface area contributed by atoms with E-state index in [4.69, 9.17) is 25.3 Å². The lowest BCUT2D eigenvalue weighted by atomic mass is 9.74. The minimum Gasteiger partial charge on any atom is -0.468 e. The Labute approximate surface area is 223 Å². The molecule has 5 rings (SSSR count). The summed E-state index contributed by atoms with van der Waals surface area (Å²) in [6.45, 7) is 7.75. The third-order valence-electron chi connectivity index (χ3n) is 8.53. The summed E-state index contributed by atoms with van der Waals surface area (Å²) in [5.41, 5.74) is 6.30. The van der Waals surface area contributed by atoms with Crippen LogP contribution in [0.15, 0.2) is 18.3 Å². The molecular weight excluding hydrogens is 486 g/mol. The molecule has 2 N–H and O–H groups in total. The third-order valence-corrected chi connectivity index (χ3v) is 8.53. The van der Waals surface area contributed by atoms with Crippen LogP contribution in [0.1, 0.15) is 77.2 Å². The standard InChI is InChI=1S/C28H39N5O5/c1-16-6-8-17(9-7-16)23(29)21-15-33-22(30-21)11-10-19(31-33)13-28(25(35)37-5)20-12-18(20)14-32(24(28)34)26(36)38-27(2,3)4/h10-11,15-18,20,23H,6-9,12-14,29H2,1-5H3/t16?,17?,18?,20?,23-,28?/m0/s1. The van der Waals surface area contributed by atoms with E-state index in [1.165, 1.54) is 20.0 Å². The number of hydrogen-bond acceptors (Lipinski definition) is 8. The fraction of sp³-hybridized carbons (Fsp3) is 0.679. The second-order valence-electron chi connectivity index (χ2n) is 12.5. The largest absolute Gasteiger partial charge is 0.468 e. The molecule has 3 heterocycles. The van der Waals surface area contributed by atoms with Crippen LogP contribution in [0, 0.1) is 29.1 Å². The van der Waals surface area contributed by atoms with Gasteiger partial charge in [-0.15, -0.1) is 0 Å². The molecule has 10 nitrogen and oxygen atoms in total. The zero-order valence-electron chi connectivity index (χ0n) is 23.0. The summed E-state index contributed by atoms with van der Waals surface area (Å²) in [6, 6.07) is 3.45. The topological polar surface area (TPSA) is 129 Å². The average Bonchev–Trinajstić information content (AvgIpc) is 3.53. The molecular formula is C28H39N5O5. The highest BCUT2D eigenvalue weighted by Crippen LogP contribution is 2.57. The maximum atomic E-state index is 13.8. The number of imidazole rings is 1. The Hall–Kier alpha value is -3.01. The first-order valence-electron chi connectivity index (χ1n) is 13.7. The second-order valence-corrected chi connectivity index (χ2v) is 12.5. The Morgan fingerprint density at radius 2 is 1.92 bits per heavy atom. The molecule has 0 spiro atoms. The van der Waals surface area contributed by atoms with E-state index >= 15 is 0 Å². The van der Waals surface area contributed by atoms with Crippen molar-refractivity contribution in [2.45, 2.75) is 77.9 Å². The van der Waals surface area contributed by atoms with Gasteiger partial charge in [-0.2, -0.15) is 5.10 Å². The lowest BCUT2D eigenvalue weighted by Crippen LogP contribution is -2.58. The monoisotopic (exact) mass is 525 g/mol. The first-order valence-corrected chi connectivity index (χ1v) is 13.7. The maximum Gasteiger partial charge on any atom is 0.417 e. The first-order chi connectivity index (χ1) is 17.9. The normalized spacial score (nSPS) is 30.1. The van der Waals surface area contributed by atoms with E-state index in [0.29, 0.717) is 23.7 Å². The fourth-order valence-electron chi connectivity index (χ4n) is 6.31. The molecule has 3 aliphatic rings. The van der Waals surface area contributed by atoms with E-state index in [2.05, 4.69) is 6.92 Å². The van der Waals surface area contributed by atoms with Gasteiger partial charge in [0.1, 0.15) is 5.60 Å². The molecule has 38 heavy (non-hydrogen) atoms. The number of fused-ring (bicyclic) bond motifs is 2. The minimum atomic E-state index is -1.53. The van der Waals surface area contributed by atoms with Crippen LogP contribution >= 0.6 is 0 Å². The lowest BCUT2D eigenvalue weighted by molar-refractivity contribution is -0.167. The van der Waals surface area contributed by atoms with Gasteiger partial charge in [0.05, 0.1) is 30.7 Å². The summed E-state index contributed by atoms with van der Waals surface area (Å²) in [4.78, 5) is 45.8. The highest BCUT2D eigenvalue weighted by atomic mass is 16.6. The highest BCUT2D eigenvalue weighted by Gasteiger charge is 2.68. The lowest BCUT2D eigenvalue weighted by Gasteiger charge is -2.38. The van der Waals surface area contributed by atoms with Gasteiger partial charge in [0.25, 0.3) is 0 Å². The van der Waals surface area contributed by atoms with Gasteiger partial charge in [0.2, 0.25) is 5.91 Å². The van der Waals surface area contributed by atoms with Crippen molar-refractivity contribution in [3.63, 3.8) is 0 Å². The number of nitrogens with two attached hydrogens (primary N) is 1. The number of methoxy groups -OCH3 is 1. The van der Waals surface area contributed by atoms with Crippen LogP contribution in [-0.4, -0.2) is 56.7 Å². The summed E-state index contributed by atoms with van der Waals surface area (Å²) in [5, 5.41) is 4.71. The van der Waals surface area contributed by atoms with Gasteiger partial charge >= 0.3 is 12.1 Å². The first kappa shape index (κ1) is 26.6. The van der Waals surface area contributed by atoms with E-state index in [0.717, 1.165) is 29.4 Å². The average molecular weight is 526 g/mol. The summed E-state index contributed by atoms with van der Waals surface area (Å²) < 4.78 is 12.3. The van der Waals surface area contributed by atoms with E-state index in [-0.39, 0.29) is 30.8 Å². The summed E-state index contributed by atoms with van der Waals surface area (Å²) in [5.74, 6) is -0.281. The number of carbonyl (C=O) groups is 3. The SMILES string of the molecule is COC(=O)C1(Cc2ccc3nc([C@@H](N)C4CCC(C)CC4)cn3n2)C(=O)N(C(=O)OC(C)(C)C)CC2CC21. The predicted molar refractivity (Wildman–Crippen MR) is 139 cm³/mol. The number of amides is 2. The molecule has 2 saturated carbocycles. The van der Waals surface area contributed by atoms with Crippen molar-refractivity contribution >= 4 is 23.6 Å². The Balaban J connectivity index is 1.42. The van der Waals surface area contributed by atoms with Gasteiger partial charge in [-0.25, -0.2) is 19.2 Å². The molecule has 2 aliphatic carbocycles. The van der Waals surface area contributed by atoms with Crippen LogP contribution in [0.5, 0.6) is 0 Å². The van der Waals surface area contributed by atoms with Gasteiger partial charge in [0, 0.05) is 13.0 Å². The van der Waals surface area contributed by atoms with E-state index < -0.39 is 29.0 Å². The van der Waals surface area contributed by atoms with Crippen molar-refractivity contribution in [2.75, 3.05) is 13.7 Å². The van der Waals surface area contributed by atoms with Gasteiger partial charge < -0.3 is 15.2 Å². The van der Waals surface area contributed by atoms with Crippen LogP contribution in [0.2, 0.25) is 0 Å². The number of esters is 1. The van der Waals surface area contributed by atoms with Gasteiger partial charge in [-0.05, 0) is 75.8 Å². The second kappa shape index (κ2) is 9.63. The molecule has 3 unspecified atom stereocenters. The molecule has 2 aromatic heterocycles. The number of piperidine rings is 1. The zero-order chi connectivity index (χ0) is 27.4. The number of aromatic nitrogens is 3. The molecule has 0 aromatic carbocycles. The number of hydrogen-bond donors (Lipinski definition) is 1. The molecule has 2 aromatic rings. The number of carbonyl (C=O) groups excluding carboxylic acids is 3. The molecule has 206 valence electrons. The van der Waals surface area contributed by atoms with Crippen molar-refractivity contribution in [3.8, 4) is 0 Å². The number of ether oxygens (including phenoxy) is 2.